The standard InChI is InChI=1S/C39H43F2NO3.C3H4O/c1-43-24-7-5-3-4-6-9-29-12-17-32(18-13-29)36-22-23-37(39(41)38(36)40)35-21-16-31(27-33(35)28-42)11-10-30-14-19-34(20-15-30)45-26-8-25-44-2;1-2-3-4/h10-23,27-28,42H,3-9,24-26H2,1-2H3;2-3H,1H2/b11-10+,42-28?;. The van der Waals surface area contributed by atoms with Gasteiger partial charge >= 0.3 is 0 Å². The molecule has 258 valence electrons. The van der Waals surface area contributed by atoms with E-state index in [0.29, 0.717) is 36.2 Å². The van der Waals surface area contributed by atoms with Crippen LogP contribution in [0.1, 0.15) is 60.8 Å². The van der Waals surface area contributed by atoms with E-state index < -0.39 is 11.6 Å². The first kappa shape index (κ1) is 38.7. The fourth-order valence-corrected chi connectivity index (χ4v) is 5.25. The maximum absolute atomic E-state index is 15.5. The van der Waals surface area contributed by atoms with E-state index in [4.69, 9.17) is 24.4 Å². The lowest BCUT2D eigenvalue weighted by Crippen LogP contribution is -2.01. The summed E-state index contributed by atoms with van der Waals surface area (Å²) in [6, 6.07) is 24.1. The average molecular weight is 668 g/mol. The molecule has 0 fully saturated rings. The fraction of sp³-hybridized carbons (Fsp3) is 0.286. The Morgan fingerprint density at radius 3 is 1.92 bits per heavy atom. The molecule has 0 radical (unpaired) electrons. The zero-order chi connectivity index (χ0) is 35.3. The Hall–Kier alpha value is -4.72. The highest BCUT2D eigenvalue weighted by Crippen LogP contribution is 2.33. The van der Waals surface area contributed by atoms with E-state index in [0.717, 1.165) is 49.2 Å². The monoisotopic (exact) mass is 667 g/mol. The Morgan fingerprint density at radius 2 is 1.24 bits per heavy atom. The van der Waals surface area contributed by atoms with Crippen molar-refractivity contribution in [2.45, 2.75) is 44.9 Å². The zero-order valence-corrected chi connectivity index (χ0v) is 28.6. The molecule has 5 nitrogen and oxygen atoms in total. The summed E-state index contributed by atoms with van der Waals surface area (Å²) in [5, 5.41) is 7.96. The number of allylic oxidation sites excluding steroid dienone is 1. The van der Waals surface area contributed by atoms with Crippen molar-refractivity contribution in [1.29, 1.82) is 5.41 Å². The van der Waals surface area contributed by atoms with Crippen molar-refractivity contribution < 1.29 is 27.8 Å². The second-order valence-electron chi connectivity index (χ2n) is 11.5. The summed E-state index contributed by atoms with van der Waals surface area (Å²) < 4.78 is 46.7. The minimum Gasteiger partial charge on any atom is -0.494 e. The number of aryl methyl sites for hydroxylation is 1. The second kappa shape index (κ2) is 22.0. The molecule has 7 heteroatoms. The van der Waals surface area contributed by atoms with Crippen LogP contribution >= 0.6 is 0 Å². The Balaban J connectivity index is 0.00000154. The number of carbonyl (C=O) groups is 1. The normalized spacial score (nSPS) is 10.8. The first-order chi connectivity index (χ1) is 23.9. The van der Waals surface area contributed by atoms with Crippen LogP contribution in [0.2, 0.25) is 0 Å². The number of methoxy groups -OCH3 is 2. The number of halogens is 2. The van der Waals surface area contributed by atoms with Crippen LogP contribution < -0.4 is 4.74 Å². The highest BCUT2D eigenvalue weighted by atomic mass is 19.2. The average Bonchev–Trinajstić information content (AvgIpc) is 3.14. The van der Waals surface area contributed by atoms with E-state index in [9.17, 15) is 0 Å². The summed E-state index contributed by atoms with van der Waals surface area (Å²) in [6.45, 7) is 5.19. The number of nitrogens with one attached hydrogen (secondary N) is 1. The highest BCUT2D eigenvalue weighted by molar-refractivity contribution is 5.91. The van der Waals surface area contributed by atoms with Gasteiger partial charge in [-0.1, -0.05) is 98.7 Å². The van der Waals surface area contributed by atoms with Gasteiger partial charge in [-0.3, -0.25) is 4.79 Å². The molecule has 0 aromatic heterocycles. The van der Waals surface area contributed by atoms with Gasteiger partial charge in [-0.25, -0.2) is 8.78 Å². The Morgan fingerprint density at radius 1 is 0.673 bits per heavy atom. The van der Waals surface area contributed by atoms with Gasteiger partial charge in [0, 0.05) is 56.8 Å². The molecule has 0 aliphatic rings. The van der Waals surface area contributed by atoms with E-state index in [2.05, 4.69) is 6.58 Å². The van der Waals surface area contributed by atoms with E-state index in [1.54, 1.807) is 38.5 Å². The van der Waals surface area contributed by atoms with Crippen molar-refractivity contribution in [2.75, 3.05) is 34.0 Å². The van der Waals surface area contributed by atoms with Crippen LogP contribution in [0.25, 0.3) is 34.4 Å². The van der Waals surface area contributed by atoms with Crippen LogP contribution in [0.15, 0.2) is 91.5 Å². The van der Waals surface area contributed by atoms with Gasteiger partial charge in [-0.2, -0.15) is 0 Å². The topological polar surface area (TPSA) is 68.6 Å². The van der Waals surface area contributed by atoms with Crippen LogP contribution in [0.3, 0.4) is 0 Å². The van der Waals surface area contributed by atoms with Gasteiger partial charge in [0.25, 0.3) is 0 Å². The molecule has 0 aliphatic heterocycles. The third kappa shape index (κ3) is 12.7. The summed E-state index contributed by atoms with van der Waals surface area (Å²) >= 11 is 0. The number of aldehydes is 1. The molecule has 4 rings (SSSR count). The summed E-state index contributed by atoms with van der Waals surface area (Å²) in [6.07, 6.45) is 14.4. The molecule has 0 heterocycles. The van der Waals surface area contributed by atoms with Gasteiger partial charge in [0.2, 0.25) is 0 Å². The smallest absolute Gasteiger partial charge is 0.167 e. The molecular formula is C42H47F2NO4. The van der Waals surface area contributed by atoms with Gasteiger partial charge in [-0.05, 0) is 71.4 Å². The number of rotatable bonds is 19. The summed E-state index contributed by atoms with van der Waals surface area (Å²) in [5.41, 5.74) is 5.00. The molecular weight excluding hydrogens is 620 g/mol. The van der Waals surface area contributed by atoms with Crippen LogP contribution in [0.5, 0.6) is 5.75 Å². The van der Waals surface area contributed by atoms with E-state index in [-0.39, 0.29) is 11.1 Å². The molecule has 4 aromatic rings. The molecule has 49 heavy (non-hydrogen) atoms. The first-order valence-electron chi connectivity index (χ1n) is 16.6. The van der Waals surface area contributed by atoms with Crippen molar-refractivity contribution in [3.05, 3.63) is 125 Å². The van der Waals surface area contributed by atoms with Crippen molar-refractivity contribution in [1.82, 2.24) is 0 Å². The SMILES string of the molecule is C=CC=O.COCCCCCCCc1ccc(-c2ccc(-c3ccc(/C=C/c4ccc(OCCCOC)cc4)cc3C=N)c(F)c2F)cc1. The van der Waals surface area contributed by atoms with Crippen LogP contribution in [0.4, 0.5) is 8.78 Å². The molecule has 0 amide bonds. The third-order valence-electron chi connectivity index (χ3n) is 7.89. The van der Waals surface area contributed by atoms with Crippen LogP contribution in [0, 0.1) is 17.0 Å². The van der Waals surface area contributed by atoms with Crippen LogP contribution in [-0.2, 0) is 20.7 Å². The Bertz CT molecular complexity index is 1630. The van der Waals surface area contributed by atoms with E-state index in [1.807, 2.05) is 66.7 Å². The lowest BCUT2D eigenvalue weighted by atomic mass is 9.94. The lowest BCUT2D eigenvalue weighted by Gasteiger charge is -2.12. The van der Waals surface area contributed by atoms with Crippen molar-refractivity contribution in [2.24, 2.45) is 0 Å². The number of unbranched alkanes of at least 4 members (excludes halogenated alkanes) is 4. The molecule has 0 atom stereocenters. The number of carbonyl (C=O) groups excluding carboxylic acids is 1. The first-order valence-corrected chi connectivity index (χ1v) is 16.6. The van der Waals surface area contributed by atoms with Crippen molar-refractivity contribution in [3.8, 4) is 28.0 Å². The van der Waals surface area contributed by atoms with E-state index in [1.165, 1.54) is 37.1 Å². The minimum atomic E-state index is -0.916. The number of ether oxygens (including phenoxy) is 3. The molecule has 0 saturated carbocycles. The minimum absolute atomic E-state index is 0.133. The Labute approximate surface area is 289 Å². The van der Waals surface area contributed by atoms with Crippen molar-refractivity contribution >= 4 is 24.7 Å². The predicted molar refractivity (Wildman–Crippen MR) is 197 cm³/mol. The lowest BCUT2D eigenvalue weighted by molar-refractivity contribution is -0.104. The van der Waals surface area contributed by atoms with E-state index >= 15 is 8.78 Å². The molecule has 4 aromatic carbocycles. The Kier molecular flexibility index (Phi) is 17.4. The summed E-state index contributed by atoms with van der Waals surface area (Å²) in [5.74, 6) is -1.00. The van der Waals surface area contributed by atoms with Gasteiger partial charge in [-0.15, -0.1) is 0 Å². The molecule has 0 unspecified atom stereocenters. The summed E-state index contributed by atoms with van der Waals surface area (Å²) in [7, 11) is 3.40. The number of benzene rings is 4. The molecule has 0 bridgehead atoms. The second-order valence-corrected chi connectivity index (χ2v) is 11.5. The number of hydrogen-bond acceptors (Lipinski definition) is 5. The van der Waals surface area contributed by atoms with Gasteiger partial charge < -0.3 is 19.6 Å². The van der Waals surface area contributed by atoms with Crippen LogP contribution in [-0.4, -0.2) is 46.5 Å². The largest absolute Gasteiger partial charge is 0.494 e. The number of hydrogen-bond donors (Lipinski definition) is 1. The predicted octanol–water partition coefficient (Wildman–Crippen LogP) is 10.4. The molecule has 0 spiro atoms. The van der Waals surface area contributed by atoms with Gasteiger partial charge in [0.15, 0.2) is 11.6 Å². The maximum Gasteiger partial charge on any atom is 0.167 e. The fourth-order valence-electron chi connectivity index (χ4n) is 5.25. The third-order valence-corrected chi connectivity index (χ3v) is 7.89. The van der Waals surface area contributed by atoms with Crippen molar-refractivity contribution in [3.63, 3.8) is 0 Å². The quantitative estimate of drug-likeness (QED) is 0.0355. The maximum atomic E-state index is 15.5. The zero-order valence-electron chi connectivity index (χ0n) is 28.6. The van der Waals surface area contributed by atoms with Gasteiger partial charge in [0.1, 0.15) is 12.0 Å². The summed E-state index contributed by atoms with van der Waals surface area (Å²) in [4.78, 5) is 9.06. The highest BCUT2D eigenvalue weighted by Gasteiger charge is 2.18. The molecule has 0 saturated heterocycles. The van der Waals surface area contributed by atoms with Gasteiger partial charge in [0.05, 0.1) is 6.61 Å². The molecule has 0 aliphatic carbocycles. The molecule has 1 N–H and O–H groups in total.